The molecule has 1 amide bonds. The molecule has 0 atom stereocenters. The molecule has 4 rings (SSSR count). The summed E-state index contributed by atoms with van der Waals surface area (Å²) in [6.07, 6.45) is 2.87. The highest BCUT2D eigenvalue weighted by atomic mass is 32.1. The molecule has 32 heavy (non-hydrogen) atoms. The van der Waals surface area contributed by atoms with Gasteiger partial charge in [0, 0.05) is 12.6 Å². The largest absolute Gasteiger partial charge is 0.493 e. The number of carbonyl (C=O) groups excluding carboxylic acids is 1. The first-order valence-electron chi connectivity index (χ1n) is 11.0. The number of hydrogen-bond acceptors (Lipinski definition) is 5. The van der Waals surface area contributed by atoms with E-state index in [1.165, 1.54) is 11.1 Å². The van der Waals surface area contributed by atoms with Crippen molar-refractivity contribution in [2.24, 2.45) is 0 Å². The highest BCUT2D eigenvalue weighted by Crippen LogP contribution is 2.35. The van der Waals surface area contributed by atoms with Gasteiger partial charge in [0.1, 0.15) is 5.69 Å². The standard InChI is InChI=1S/C26H30N2O3S/c1-16-6-8-20(14-17(16)2)25-24(27-18(3)32-25)26(29)28(21-9-10-21)13-12-19-7-11-22(30-4)23(15-19)31-5/h6-8,11,14-15,21H,9-10,12-13H2,1-5H3. The van der Waals surface area contributed by atoms with Crippen LogP contribution < -0.4 is 9.47 Å². The van der Waals surface area contributed by atoms with Gasteiger partial charge in [-0.3, -0.25) is 4.79 Å². The fourth-order valence-corrected chi connectivity index (χ4v) is 4.81. The van der Waals surface area contributed by atoms with Crippen LogP contribution in [-0.4, -0.2) is 42.6 Å². The van der Waals surface area contributed by atoms with Gasteiger partial charge in [0.05, 0.1) is 24.1 Å². The van der Waals surface area contributed by atoms with E-state index in [0.29, 0.717) is 29.8 Å². The average molecular weight is 451 g/mol. The first-order valence-corrected chi connectivity index (χ1v) is 11.8. The Balaban J connectivity index is 1.58. The van der Waals surface area contributed by atoms with Gasteiger partial charge in [-0.05, 0) is 74.4 Å². The molecule has 3 aromatic rings. The molecule has 1 heterocycles. The van der Waals surface area contributed by atoms with E-state index in [9.17, 15) is 4.79 Å². The number of nitrogens with zero attached hydrogens (tertiary/aromatic N) is 2. The molecule has 0 saturated heterocycles. The van der Waals surface area contributed by atoms with Gasteiger partial charge in [-0.1, -0.05) is 24.3 Å². The van der Waals surface area contributed by atoms with Gasteiger partial charge in [0.25, 0.3) is 5.91 Å². The molecule has 0 aliphatic heterocycles. The van der Waals surface area contributed by atoms with E-state index < -0.39 is 0 Å². The minimum Gasteiger partial charge on any atom is -0.493 e. The van der Waals surface area contributed by atoms with Crippen LogP contribution in [0.4, 0.5) is 0 Å². The zero-order valence-corrected chi connectivity index (χ0v) is 20.2. The second-order valence-electron chi connectivity index (χ2n) is 8.38. The second kappa shape index (κ2) is 9.33. The van der Waals surface area contributed by atoms with E-state index in [1.54, 1.807) is 25.6 Å². The lowest BCUT2D eigenvalue weighted by Crippen LogP contribution is -2.35. The van der Waals surface area contributed by atoms with Crippen LogP contribution in [0.15, 0.2) is 36.4 Å². The molecule has 168 valence electrons. The molecule has 1 saturated carbocycles. The highest BCUT2D eigenvalue weighted by Gasteiger charge is 2.35. The van der Waals surface area contributed by atoms with Gasteiger partial charge in [0.15, 0.2) is 11.5 Å². The van der Waals surface area contributed by atoms with E-state index in [4.69, 9.17) is 9.47 Å². The van der Waals surface area contributed by atoms with Crippen LogP contribution in [0.1, 0.15) is 45.0 Å². The molecular formula is C26H30N2O3S. The van der Waals surface area contributed by atoms with E-state index in [-0.39, 0.29) is 5.91 Å². The first-order chi connectivity index (χ1) is 15.4. The first kappa shape index (κ1) is 22.3. The third-order valence-corrected chi connectivity index (χ3v) is 7.06. The molecule has 1 aliphatic carbocycles. The number of ether oxygens (including phenoxy) is 2. The van der Waals surface area contributed by atoms with Crippen LogP contribution in [0, 0.1) is 20.8 Å². The van der Waals surface area contributed by atoms with Crippen molar-refractivity contribution >= 4 is 17.2 Å². The maximum atomic E-state index is 13.7. The van der Waals surface area contributed by atoms with Crippen molar-refractivity contribution < 1.29 is 14.3 Å². The molecule has 1 aliphatic rings. The zero-order valence-electron chi connectivity index (χ0n) is 19.4. The maximum absolute atomic E-state index is 13.7. The third-order valence-electron chi connectivity index (χ3n) is 6.04. The lowest BCUT2D eigenvalue weighted by atomic mass is 10.0. The summed E-state index contributed by atoms with van der Waals surface area (Å²) < 4.78 is 10.8. The summed E-state index contributed by atoms with van der Waals surface area (Å²) in [7, 11) is 3.27. The molecule has 0 bridgehead atoms. The van der Waals surface area contributed by atoms with Crippen molar-refractivity contribution in [3.8, 4) is 21.9 Å². The Morgan fingerprint density at radius 3 is 2.44 bits per heavy atom. The highest BCUT2D eigenvalue weighted by molar-refractivity contribution is 7.15. The number of aromatic nitrogens is 1. The molecular weight excluding hydrogens is 420 g/mol. The average Bonchev–Trinajstić information content (AvgIpc) is 3.55. The number of rotatable bonds is 8. The van der Waals surface area contributed by atoms with Gasteiger partial charge in [-0.25, -0.2) is 4.98 Å². The lowest BCUT2D eigenvalue weighted by Gasteiger charge is -2.22. The number of amides is 1. The van der Waals surface area contributed by atoms with Crippen molar-refractivity contribution in [1.82, 2.24) is 9.88 Å². The Labute approximate surface area is 194 Å². The smallest absolute Gasteiger partial charge is 0.274 e. The summed E-state index contributed by atoms with van der Waals surface area (Å²) >= 11 is 1.59. The molecule has 2 aromatic carbocycles. The summed E-state index contributed by atoms with van der Waals surface area (Å²) in [6.45, 7) is 6.83. The van der Waals surface area contributed by atoms with Crippen LogP contribution >= 0.6 is 11.3 Å². The monoisotopic (exact) mass is 450 g/mol. The number of thiazole rings is 1. The second-order valence-corrected chi connectivity index (χ2v) is 9.58. The Hall–Kier alpha value is -2.86. The number of carbonyl (C=O) groups is 1. The molecule has 0 N–H and O–H groups in total. The molecule has 6 heteroatoms. The van der Waals surface area contributed by atoms with Crippen molar-refractivity contribution in [1.29, 1.82) is 0 Å². The molecule has 0 spiro atoms. The fraction of sp³-hybridized carbons (Fsp3) is 0.385. The molecule has 0 unspecified atom stereocenters. The van der Waals surface area contributed by atoms with Crippen molar-refractivity contribution in [3.63, 3.8) is 0 Å². The van der Waals surface area contributed by atoms with Crippen LogP contribution in [0.2, 0.25) is 0 Å². The quantitative estimate of drug-likeness (QED) is 0.448. The Bertz CT molecular complexity index is 1130. The molecule has 5 nitrogen and oxygen atoms in total. The van der Waals surface area contributed by atoms with Crippen molar-refractivity contribution in [2.75, 3.05) is 20.8 Å². The van der Waals surface area contributed by atoms with Gasteiger partial charge in [0.2, 0.25) is 0 Å². The topological polar surface area (TPSA) is 51.7 Å². The van der Waals surface area contributed by atoms with Crippen LogP contribution in [0.25, 0.3) is 10.4 Å². The summed E-state index contributed by atoms with van der Waals surface area (Å²) in [6, 6.07) is 12.6. The normalized spacial score (nSPS) is 13.2. The number of benzene rings is 2. The summed E-state index contributed by atoms with van der Waals surface area (Å²) in [5.41, 5.74) is 5.23. The molecule has 0 radical (unpaired) electrons. The van der Waals surface area contributed by atoms with Gasteiger partial charge < -0.3 is 14.4 Å². The fourth-order valence-electron chi connectivity index (χ4n) is 3.91. The minimum absolute atomic E-state index is 0.0329. The lowest BCUT2D eigenvalue weighted by molar-refractivity contribution is 0.0740. The Morgan fingerprint density at radius 2 is 1.78 bits per heavy atom. The van der Waals surface area contributed by atoms with Gasteiger partial charge in [-0.15, -0.1) is 11.3 Å². The predicted octanol–water partition coefficient (Wildman–Crippen LogP) is 5.60. The molecule has 1 aromatic heterocycles. The Kier molecular flexibility index (Phi) is 6.51. The zero-order chi connectivity index (χ0) is 22.8. The van der Waals surface area contributed by atoms with Crippen LogP contribution in [-0.2, 0) is 6.42 Å². The summed E-state index contributed by atoms with van der Waals surface area (Å²) in [5.74, 6) is 1.45. The Morgan fingerprint density at radius 1 is 1.03 bits per heavy atom. The van der Waals surface area contributed by atoms with E-state index >= 15 is 0 Å². The van der Waals surface area contributed by atoms with E-state index in [1.807, 2.05) is 30.0 Å². The number of aryl methyl sites for hydroxylation is 3. The SMILES string of the molecule is COc1ccc(CCN(C(=O)c2nc(C)sc2-c2ccc(C)c(C)c2)C2CC2)cc1OC. The molecule has 1 fully saturated rings. The van der Waals surface area contributed by atoms with Crippen molar-refractivity contribution in [3.05, 3.63) is 63.8 Å². The van der Waals surface area contributed by atoms with Crippen LogP contribution in [0.3, 0.4) is 0 Å². The number of hydrogen-bond donors (Lipinski definition) is 0. The summed E-state index contributed by atoms with van der Waals surface area (Å²) in [4.78, 5) is 21.3. The van der Waals surface area contributed by atoms with Crippen molar-refractivity contribution in [2.45, 2.75) is 46.1 Å². The summed E-state index contributed by atoms with van der Waals surface area (Å²) in [5, 5.41) is 0.914. The number of methoxy groups -OCH3 is 2. The van der Waals surface area contributed by atoms with Gasteiger partial charge in [-0.2, -0.15) is 0 Å². The van der Waals surface area contributed by atoms with Crippen LogP contribution in [0.5, 0.6) is 11.5 Å². The van der Waals surface area contributed by atoms with E-state index in [0.717, 1.165) is 40.3 Å². The third kappa shape index (κ3) is 4.65. The van der Waals surface area contributed by atoms with Gasteiger partial charge >= 0.3 is 0 Å². The maximum Gasteiger partial charge on any atom is 0.274 e. The van der Waals surface area contributed by atoms with E-state index in [2.05, 4.69) is 37.0 Å². The minimum atomic E-state index is 0.0329. The predicted molar refractivity (Wildman–Crippen MR) is 129 cm³/mol.